The molecule has 3 aromatic rings. The zero-order valence-electron chi connectivity index (χ0n) is 26.0. The van der Waals surface area contributed by atoms with Crippen LogP contribution in [0.1, 0.15) is 63.8 Å². The second-order valence-electron chi connectivity index (χ2n) is 11.9. The van der Waals surface area contributed by atoms with E-state index in [2.05, 4.69) is 20.9 Å². The number of H-pyrrole nitrogens is 1. The highest BCUT2D eigenvalue weighted by Crippen LogP contribution is 2.37. The highest BCUT2D eigenvalue weighted by Gasteiger charge is 2.46. The predicted molar refractivity (Wildman–Crippen MR) is 177 cm³/mol. The number of aromatic amines is 1. The van der Waals surface area contributed by atoms with E-state index >= 15 is 0 Å². The number of benzene rings is 2. The van der Waals surface area contributed by atoms with Crippen molar-refractivity contribution in [1.82, 2.24) is 20.9 Å². The van der Waals surface area contributed by atoms with Crippen LogP contribution in [0.2, 0.25) is 5.02 Å². The lowest BCUT2D eigenvalue weighted by Gasteiger charge is -2.39. The van der Waals surface area contributed by atoms with Gasteiger partial charge in [-0.25, -0.2) is 9.18 Å². The molecule has 45 heavy (non-hydrogen) atoms. The lowest BCUT2D eigenvalue weighted by atomic mass is 9.78. The maximum absolute atomic E-state index is 14.5. The second-order valence-corrected chi connectivity index (χ2v) is 12.8. The van der Waals surface area contributed by atoms with E-state index < -0.39 is 41.3 Å². The van der Waals surface area contributed by atoms with Crippen molar-refractivity contribution in [2.75, 3.05) is 0 Å². The summed E-state index contributed by atoms with van der Waals surface area (Å²) < 4.78 is 19.9. The highest BCUT2D eigenvalue weighted by molar-refractivity contribution is 7.80. The van der Waals surface area contributed by atoms with Crippen molar-refractivity contribution in [2.45, 2.75) is 84.0 Å². The summed E-state index contributed by atoms with van der Waals surface area (Å²) in [5.74, 6) is -1.88. The molecule has 0 aliphatic heterocycles. The van der Waals surface area contributed by atoms with E-state index in [0.717, 1.165) is 11.3 Å². The van der Waals surface area contributed by atoms with Gasteiger partial charge in [-0.3, -0.25) is 9.59 Å². The van der Waals surface area contributed by atoms with E-state index in [1.807, 2.05) is 58.0 Å². The number of carbonyl (C=O) groups excluding carboxylic acids is 3. The van der Waals surface area contributed by atoms with Gasteiger partial charge in [-0.1, -0.05) is 94.7 Å². The number of hydrogen-bond donors (Lipinski definition) is 5. The number of alkyl carbamates (subject to hydrolysis) is 1. The Kier molecular flexibility index (Phi) is 11.1. The number of thiocarbonyl (C=S) groups is 1. The lowest BCUT2D eigenvalue weighted by molar-refractivity contribution is -0.136. The van der Waals surface area contributed by atoms with Gasteiger partial charge in [0.25, 0.3) is 0 Å². The number of aromatic nitrogens is 1. The van der Waals surface area contributed by atoms with Crippen LogP contribution in [0.3, 0.4) is 0 Å². The molecule has 242 valence electrons. The average molecular weight is 658 g/mol. The number of amides is 3. The van der Waals surface area contributed by atoms with Crippen molar-refractivity contribution in [3.05, 3.63) is 70.1 Å². The molecule has 1 heterocycles. The number of hydrogen-bond acceptors (Lipinski definition) is 5. The Morgan fingerprint density at radius 3 is 2.40 bits per heavy atom. The van der Waals surface area contributed by atoms with Crippen LogP contribution in [0, 0.1) is 17.7 Å². The quantitative estimate of drug-likeness (QED) is 0.164. The standard InChI is InChI=1S/C33H41ClFN5O4S/c1-5-18(3)26(29(36)45)38-31(42)33(13-12-25-23(16-33)22-14-21(35)15-24(34)28(22)37-25)40-30(41)27(19(4)6-2)39-32(43)44-17-20-10-8-7-9-11-20/h7-11,14-15,18-19,26-27,37H,5-6,12-13,16-17H2,1-4H3,(H2,36,45)(H,38,42)(H,39,43)(H,40,41)/t18-,19?,26-,27?,33+/m0/s1. The largest absolute Gasteiger partial charge is 0.445 e. The van der Waals surface area contributed by atoms with Gasteiger partial charge in [0, 0.05) is 17.5 Å². The summed E-state index contributed by atoms with van der Waals surface area (Å²) in [7, 11) is 0. The summed E-state index contributed by atoms with van der Waals surface area (Å²) in [5.41, 5.74) is 7.43. The molecule has 1 aliphatic carbocycles. The molecule has 0 saturated heterocycles. The normalized spacial score (nSPS) is 18.6. The monoisotopic (exact) mass is 657 g/mol. The van der Waals surface area contributed by atoms with Crippen LogP contribution < -0.4 is 21.7 Å². The molecule has 12 heteroatoms. The van der Waals surface area contributed by atoms with Crippen molar-refractivity contribution in [1.29, 1.82) is 0 Å². The Labute approximate surface area is 273 Å². The number of carbonyl (C=O) groups is 3. The van der Waals surface area contributed by atoms with Gasteiger partial charge >= 0.3 is 6.09 Å². The molecule has 2 unspecified atom stereocenters. The Bertz CT molecular complexity index is 1570. The Morgan fingerprint density at radius 2 is 1.76 bits per heavy atom. The van der Waals surface area contributed by atoms with E-state index in [0.29, 0.717) is 35.7 Å². The smallest absolute Gasteiger partial charge is 0.408 e. The Morgan fingerprint density at radius 1 is 1.09 bits per heavy atom. The van der Waals surface area contributed by atoms with Gasteiger partial charge in [-0.15, -0.1) is 0 Å². The molecule has 4 rings (SSSR count). The van der Waals surface area contributed by atoms with E-state index in [4.69, 9.17) is 34.3 Å². The maximum atomic E-state index is 14.5. The summed E-state index contributed by atoms with van der Waals surface area (Å²) in [5, 5.41) is 9.47. The number of halogens is 2. The molecule has 5 atom stereocenters. The van der Waals surface area contributed by atoms with Crippen molar-refractivity contribution < 1.29 is 23.5 Å². The highest BCUT2D eigenvalue weighted by atomic mass is 35.5. The van der Waals surface area contributed by atoms with Gasteiger partial charge < -0.3 is 31.4 Å². The molecule has 0 bridgehead atoms. The molecule has 9 nitrogen and oxygen atoms in total. The third-order valence-corrected chi connectivity index (χ3v) is 9.44. The molecule has 0 saturated carbocycles. The molecule has 0 radical (unpaired) electrons. The molecule has 1 aliphatic rings. The van der Waals surface area contributed by atoms with Crippen LogP contribution in [0.5, 0.6) is 0 Å². The summed E-state index contributed by atoms with van der Waals surface area (Å²) in [6.07, 6.45) is 1.17. The first-order valence-electron chi connectivity index (χ1n) is 15.3. The van der Waals surface area contributed by atoms with Crippen LogP contribution in [0.4, 0.5) is 9.18 Å². The van der Waals surface area contributed by atoms with Crippen molar-refractivity contribution in [3.8, 4) is 0 Å². The third-order valence-electron chi connectivity index (χ3n) is 8.89. The number of nitrogens with two attached hydrogens (primary N) is 1. The van der Waals surface area contributed by atoms with Gasteiger partial charge in [-0.05, 0) is 47.9 Å². The number of fused-ring (bicyclic) bond motifs is 3. The van der Waals surface area contributed by atoms with Crippen molar-refractivity contribution in [2.24, 2.45) is 17.6 Å². The van der Waals surface area contributed by atoms with E-state index in [1.165, 1.54) is 12.1 Å². The first-order valence-corrected chi connectivity index (χ1v) is 16.1. The minimum Gasteiger partial charge on any atom is -0.445 e. The molecule has 2 aromatic carbocycles. The average Bonchev–Trinajstić information content (AvgIpc) is 3.38. The fourth-order valence-electron chi connectivity index (χ4n) is 5.74. The molecule has 0 fully saturated rings. The van der Waals surface area contributed by atoms with Crippen LogP contribution in [-0.2, 0) is 33.8 Å². The van der Waals surface area contributed by atoms with Gasteiger partial charge in [0.05, 0.1) is 21.6 Å². The van der Waals surface area contributed by atoms with Crippen LogP contribution in [0.15, 0.2) is 42.5 Å². The maximum Gasteiger partial charge on any atom is 0.408 e. The second kappa shape index (κ2) is 14.6. The van der Waals surface area contributed by atoms with Gasteiger partial charge in [0.2, 0.25) is 11.8 Å². The molecule has 0 spiro atoms. The number of rotatable bonds is 12. The first kappa shape index (κ1) is 34.2. The SMILES string of the molecule is CCC(C)C(NC(=O)OCc1ccccc1)C(=O)N[C@]1(C(=O)N[C@H](C(N)=S)[C@@H](C)CC)CCc2[nH]c3c(Cl)cc(F)cc3c2C1. The van der Waals surface area contributed by atoms with Crippen LogP contribution in [-0.4, -0.2) is 45.5 Å². The molecule has 3 amide bonds. The van der Waals surface area contributed by atoms with E-state index in [-0.39, 0.29) is 41.3 Å². The summed E-state index contributed by atoms with van der Waals surface area (Å²) >= 11 is 11.7. The Hall–Kier alpha value is -3.70. The van der Waals surface area contributed by atoms with Crippen LogP contribution >= 0.6 is 23.8 Å². The Balaban J connectivity index is 1.66. The molecule has 6 N–H and O–H groups in total. The number of aryl methyl sites for hydroxylation is 1. The number of ether oxygens (including phenoxy) is 1. The predicted octanol–water partition coefficient (Wildman–Crippen LogP) is 5.46. The first-order chi connectivity index (χ1) is 21.4. The number of nitrogens with one attached hydrogen (secondary N) is 4. The van der Waals surface area contributed by atoms with Crippen LogP contribution in [0.25, 0.3) is 10.9 Å². The van der Waals surface area contributed by atoms with E-state index in [9.17, 15) is 18.8 Å². The van der Waals surface area contributed by atoms with Gasteiger partial charge in [-0.2, -0.15) is 0 Å². The third kappa shape index (κ3) is 7.76. The summed E-state index contributed by atoms with van der Waals surface area (Å²) in [6.45, 7) is 7.68. The minimum absolute atomic E-state index is 0.0340. The molecular weight excluding hydrogens is 617 g/mol. The lowest BCUT2D eigenvalue weighted by Crippen LogP contribution is -2.67. The zero-order chi connectivity index (χ0) is 32.9. The zero-order valence-corrected chi connectivity index (χ0v) is 27.5. The molecule has 1 aromatic heterocycles. The van der Waals surface area contributed by atoms with Crippen molar-refractivity contribution >= 4 is 57.6 Å². The molecular formula is C33H41ClFN5O4S. The van der Waals surface area contributed by atoms with Gasteiger partial charge in [0.15, 0.2) is 0 Å². The topological polar surface area (TPSA) is 138 Å². The minimum atomic E-state index is -1.46. The summed E-state index contributed by atoms with van der Waals surface area (Å²) in [4.78, 5) is 44.6. The fraction of sp³-hybridized carbons (Fsp3) is 0.455. The van der Waals surface area contributed by atoms with Crippen molar-refractivity contribution in [3.63, 3.8) is 0 Å². The summed E-state index contributed by atoms with van der Waals surface area (Å²) in [6, 6.07) is 10.2. The van der Waals surface area contributed by atoms with E-state index in [1.54, 1.807) is 0 Å². The van der Waals surface area contributed by atoms with Gasteiger partial charge in [0.1, 0.15) is 24.0 Å². The fourth-order valence-corrected chi connectivity index (χ4v) is 6.29.